The van der Waals surface area contributed by atoms with Gasteiger partial charge in [-0.25, -0.2) is 14.8 Å². The van der Waals surface area contributed by atoms with Gasteiger partial charge >= 0.3 is 12.1 Å². The number of carbonyl (C=O) groups excluding carboxylic acids is 1. The molecule has 0 radical (unpaired) electrons. The van der Waals surface area contributed by atoms with Crippen LogP contribution in [0.3, 0.4) is 0 Å². The molecule has 0 aromatic carbocycles. The number of carboxylic acid groups (broad SMARTS) is 2. The van der Waals surface area contributed by atoms with Gasteiger partial charge in [0.15, 0.2) is 18.6 Å². The molecule has 0 atom stereocenters. The molecule has 1 N–H and O–H groups in total. The Balaban J connectivity index is 0.000000381. The Morgan fingerprint density at radius 3 is 2.32 bits per heavy atom. The van der Waals surface area contributed by atoms with Crippen LogP contribution in [0, 0.1) is 0 Å². The van der Waals surface area contributed by atoms with Crippen molar-refractivity contribution in [3.8, 4) is 11.4 Å². The lowest BCUT2D eigenvalue weighted by molar-refractivity contribution is -0.784. The lowest BCUT2D eigenvalue weighted by atomic mass is 10.3. The minimum absolute atomic E-state index is 0.0855. The van der Waals surface area contributed by atoms with Crippen molar-refractivity contribution in [3.63, 3.8) is 0 Å². The van der Waals surface area contributed by atoms with E-state index >= 15 is 0 Å². The van der Waals surface area contributed by atoms with E-state index in [4.69, 9.17) is 19.7 Å². The summed E-state index contributed by atoms with van der Waals surface area (Å²) in [4.78, 5) is 27.2. The second-order valence-electron chi connectivity index (χ2n) is 4.18. The lowest BCUT2D eigenvalue weighted by Crippen LogP contribution is -2.39. The third kappa shape index (κ3) is 7.78. The van der Waals surface area contributed by atoms with Gasteiger partial charge in [0.1, 0.15) is 12.2 Å². The largest absolute Gasteiger partial charge is 0.542 e. The Morgan fingerprint density at radius 2 is 1.88 bits per heavy atom. The van der Waals surface area contributed by atoms with Crippen molar-refractivity contribution in [2.24, 2.45) is 0 Å². The van der Waals surface area contributed by atoms with Gasteiger partial charge in [-0.2, -0.15) is 13.2 Å². The molecule has 0 saturated carbocycles. The number of halogens is 3. The zero-order valence-electron chi connectivity index (χ0n) is 12.4. The maximum atomic E-state index is 10.5. The smallest absolute Gasteiger partial charge is 0.430 e. The Morgan fingerprint density at radius 1 is 1.28 bits per heavy atom. The molecule has 0 fully saturated rings. The van der Waals surface area contributed by atoms with E-state index in [1.165, 1.54) is 4.68 Å². The minimum Gasteiger partial charge on any atom is -0.542 e. The van der Waals surface area contributed by atoms with Crippen LogP contribution in [0.15, 0.2) is 36.9 Å². The van der Waals surface area contributed by atoms with Crippen LogP contribution in [0.25, 0.3) is 11.4 Å². The van der Waals surface area contributed by atoms with E-state index < -0.39 is 18.1 Å². The first-order valence-electron chi connectivity index (χ1n) is 6.41. The van der Waals surface area contributed by atoms with Crippen LogP contribution in [0.1, 0.15) is 0 Å². The molecule has 2 aromatic heterocycles. The summed E-state index contributed by atoms with van der Waals surface area (Å²) >= 11 is 0. The third-order valence-electron chi connectivity index (χ3n) is 2.28. The van der Waals surface area contributed by atoms with Crippen molar-refractivity contribution < 1.29 is 42.4 Å². The van der Waals surface area contributed by atoms with Gasteiger partial charge in [0.05, 0.1) is 0 Å². The molecule has 2 rings (SSSR count). The SMILES string of the molecule is O=C(O)COC[n+]1ccc(-c2ncccn2)cn1.O=C([O-])C(F)(F)F. The maximum absolute atomic E-state index is 10.5. The molecule has 0 unspecified atom stereocenters. The lowest BCUT2D eigenvalue weighted by Gasteiger charge is -2.03. The van der Waals surface area contributed by atoms with E-state index in [2.05, 4.69) is 15.1 Å². The van der Waals surface area contributed by atoms with E-state index in [0.29, 0.717) is 5.82 Å². The van der Waals surface area contributed by atoms with Crippen molar-refractivity contribution in [2.75, 3.05) is 6.61 Å². The summed E-state index contributed by atoms with van der Waals surface area (Å²) in [5.41, 5.74) is 0.782. The predicted octanol–water partition coefficient (Wildman–Crippen LogP) is -0.817. The number of alkyl halides is 3. The summed E-state index contributed by atoms with van der Waals surface area (Å²) in [6.07, 6.45) is 1.38. The molecule has 0 aliphatic rings. The monoisotopic (exact) mass is 360 g/mol. The van der Waals surface area contributed by atoms with Gasteiger partial charge in [0.25, 0.3) is 6.73 Å². The first-order valence-corrected chi connectivity index (χ1v) is 6.41. The van der Waals surface area contributed by atoms with Crippen molar-refractivity contribution >= 4 is 11.9 Å². The number of carbonyl (C=O) groups is 2. The fraction of sp³-hybridized carbons (Fsp3) is 0.231. The van der Waals surface area contributed by atoms with Crippen molar-refractivity contribution in [2.45, 2.75) is 12.9 Å². The molecule has 2 aromatic rings. The average Bonchev–Trinajstić information content (AvgIpc) is 2.56. The molecule has 0 aliphatic heterocycles. The van der Waals surface area contributed by atoms with Crippen LogP contribution in [0.5, 0.6) is 0 Å². The number of aromatic nitrogens is 4. The Labute approximate surface area is 138 Å². The molecular formula is C13H11F3N4O5. The normalized spacial score (nSPS) is 10.5. The summed E-state index contributed by atoms with van der Waals surface area (Å²) < 4.78 is 37.9. The molecule has 0 spiro atoms. The molecule has 12 heteroatoms. The van der Waals surface area contributed by atoms with Crippen LogP contribution in [0.4, 0.5) is 13.2 Å². The third-order valence-corrected chi connectivity index (χ3v) is 2.28. The van der Waals surface area contributed by atoms with Gasteiger partial charge in [-0.1, -0.05) is 4.68 Å². The summed E-state index contributed by atoms with van der Waals surface area (Å²) in [7, 11) is 0. The number of hydrogen-bond donors (Lipinski definition) is 1. The van der Waals surface area contributed by atoms with Crippen LogP contribution in [-0.4, -0.2) is 44.9 Å². The van der Waals surface area contributed by atoms with Crippen molar-refractivity contribution in [1.29, 1.82) is 0 Å². The molecule has 0 bridgehead atoms. The fourth-order valence-electron chi connectivity index (χ4n) is 1.27. The van der Waals surface area contributed by atoms with Crippen LogP contribution in [-0.2, 0) is 21.1 Å². The first kappa shape index (κ1) is 19.9. The molecule has 0 aliphatic carbocycles. The Kier molecular flexibility index (Phi) is 7.34. The zero-order chi connectivity index (χ0) is 18.9. The highest BCUT2D eigenvalue weighted by atomic mass is 19.4. The highest BCUT2D eigenvalue weighted by Gasteiger charge is 2.28. The minimum atomic E-state index is -5.19. The zero-order valence-corrected chi connectivity index (χ0v) is 12.4. The number of ether oxygens (including phenoxy) is 1. The highest BCUT2D eigenvalue weighted by molar-refractivity contribution is 5.70. The number of nitrogens with zero attached hydrogens (tertiary/aromatic N) is 4. The van der Waals surface area contributed by atoms with E-state index in [1.807, 2.05) is 0 Å². The second-order valence-corrected chi connectivity index (χ2v) is 4.18. The van der Waals surface area contributed by atoms with Gasteiger partial charge in [-0.3, -0.25) is 0 Å². The average molecular weight is 360 g/mol. The molecule has 2 heterocycles. The van der Waals surface area contributed by atoms with Crippen LogP contribution < -0.4 is 9.79 Å². The molecule has 134 valence electrons. The number of hydrogen-bond acceptors (Lipinski definition) is 7. The summed E-state index contributed by atoms with van der Waals surface area (Å²) in [6.45, 7) is -0.263. The summed E-state index contributed by atoms with van der Waals surface area (Å²) in [5.74, 6) is -3.43. The maximum Gasteiger partial charge on any atom is 0.430 e. The van der Waals surface area contributed by atoms with E-state index in [9.17, 15) is 18.0 Å². The number of carboxylic acids is 2. The van der Waals surface area contributed by atoms with E-state index in [-0.39, 0.29) is 13.3 Å². The number of rotatable bonds is 5. The van der Waals surface area contributed by atoms with Crippen molar-refractivity contribution in [3.05, 3.63) is 36.9 Å². The number of aliphatic carboxylic acids is 2. The molecular weight excluding hydrogens is 349 g/mol. The van der Waals surface area contributed by atoms with E-state index in [1.54, 1.807) is 36.9 Å². The van der Waals surface area contributed by atoms with E-state index in [0.717, 1.165) is 5.56 Å². The molecule has 0 amide bonds. The van der Waals surface area contributed by atoms with Gasteiger partial charge in [-0.05, 0) is 11.2 Å². The van der Waals surface area contributed by atoms with Gasteiger partial charge in [0.2, 0.25) is 0 Å². The van der Waals surface area contributed by atoms with Gasteiger partial charge in [0, 0.05) is 24.0 Å². The fourth-order valence-corrected chi connectivity index (χ4v) is 1.27. The second kappa shape index (κ2) is 9.22. The summed E-state index contributed by atoms with van der Waals surface area (Å²) in [5, 5.41) is 21.3. The standard InChI is InChI=1S/C11H10N4O3.C2HF3O2/c16-10(17)7-18-8-15-5-2-9(6-14-15)11-12-3-1-4-13-11;3-2(4,5)1(6)7/h1-6H,7-8H2;(H,6,7). The topological polar surface area (TPSA) is 129 Å². The first-order chi connectivity index (χ1) is 11.7. The van der Waals surface area contributed by atoms with Gasteiger partial charge in [-0.15, -0.1) is 0 Å². The molecule has 25 heavy (non-hydrogen) atoms. The van der Waals surface area contributed by atoms with Gasteiger partial charge < -0.3 is 19.7 Å². The van der Waals surface area contributed by atoms with Crippen LogP contribution in [0.2, 0.25) is 0 Å². The molecule has 9 nitrogen and oxygen atoms in total. The van der Waals surface area contributed by atoms with Crippen LogP contribution >= 0.6 is 0 Å². The summed E-state index contributed by atoms with van der Waals surface area (Å²) in [6, 6.07) is 3.52. The predicted molar refractivity (Wildman–Crippen MR) is 70.1 cm³/mol. The Bertz CT molecular complexity index is 695. The molecule has 0 saturated heterocycles. The quantitative estimate of drug-likeness (QED) is 0.685. The van der Waals surface area contributed by atoms with Crippen molar-refractivity contribution in [1.82, 2.24) is 15.1 Å². The Hall–Kier alpha value is -3.15. The highest BCUT2D eigenvalue weighted by Crippen LogP contribution is 2.11.